The molecule has 4 nitrogen and oxygen atoms in total. The fourth-order valence-electron chi connectivity index (χ4n) is 4.22. The van der Waals surface area contributed by atoms with Gasteiger partial charge in [-0.25, -0.2) is 4.57 Å². The Bertz CT molecular complexity index is 1000. The molecule has 2 aromatic rings. The summed E-state index contributed by atoms with van der Waals surface area (Å²) in [6.07, 6.45) is -0.896. The third-order valence-corrected chi connectivity index (χ3v) is 6.75. The molecule has 192 valence electrons. The van der Waals surface area contributed by atoms with Crippen molar-refractivity contribution in [3.63, 3.8) is 0 Å². The molecular formula is C29H46NaO4P. The Kier molecular flexibility index (Phi) is 9.99. The first-order valence-corrected chi connectivity index (χ1v) is 13.6. The first kappa shape index (κ1) is 32.6. The van der Waals surface area contributed by atoms with Gasteiger partial charge in [-0.1, -0.05) is 119 Å². The summed E-state index contributed by atoms with van der Waals surface area (Å²) in [5.41, 5.74) is 5.38. The van der Waals surface area contributed by atoms with Crippen LogP contribution in [-0.4, -0.2) is 9.79 Å². The zero-order valence-corrected chi connectivity index (χ0v) is 27.1. The van der Waals surface area contributed by atoms with Gasteiger partial charge in [-0.3, -0.25) is 4.52 Å². The molecule has 0 bridgehead atoms. The fraction of sp³-hybridized carbons (Fsp3) is 0.586. The number of phosphoric acid groups is 1. The first-order chi connectivity index (χ1) is 15.0. The van der Waals surface area contributed by atoms with Crippen LogP contribution >= 0.6 is 7.82 Å². The van der Waals surface area contributed by atoms with Crippen LogP contribution in [0.15, 0.2) is 36.4 Å². The minimum Gasteiger partial charge on any atom is -1.00 e. The maximum absolute atomic E-state index is 12.2. The quantitative estimate of drug-likeness (QED) is 0.437. The van der Waals surface area contributed by atoms with Gasteiger partial charge < -0.3 is 11.2 Å². The van der Waals surface area contributed by atoms with E-state index in [4.69, 9.17) is 4.52 Å². The van der Waals surface area contributed by atoms with E-state index >= 15 is 0 Å². The molecule has 35 heavy (non-hydrogen) atoms. The van der Waals surface area contributed by atoms with Crippen molar-refractivity contribution in [2.24, 2.45) is 0 Å². The minimum absolute atomic E-state index is 0. The SMILES string of the molecule is CC(C)(C)c1ccc(C(OP(=O)(O)O)c2ccc(C(C)(C)C)cc2C(C)(C)C)c(C(C)(C)C)c1.[H-].[Na+]. The third kappa shape index (κ3) is 8.54. The van der Waals surface area contributed by atoms with E-state index in [1.54, 1.807) is 0 Å². The molecule has 0 heterocycles. The van der Waals surface area contributed by atoms with Crippen molar-refractivity contribution in [1.29, 1.82) is 0 Å². The number of hydrogen-bond donors (Lipinski definition) is 2. The molecule has 0 aromatic heterocycles. The average molecular weight is 513 g/mol. The smallest absolute Gasteiger partial charge is 1.00 e. The summed E-state index contributed by atoms with van der Waals surface area (Å²) < 4.78 is 17.8. The van der Waals surface area contributed by atoms with Crippen molar-refractivity contribution in [2.45, 2.75) is 111 Å². The second kappa shape index (κ2) is 10.7. The minimum atomic E-state index is -4.79. The normalized spacial score (nSPS) is 13.7. The predicted octanol–water partition coefficient (Wildman–Crippen LogP) is 5.19. The number of rotatable bonds is 4. The molecule has 0 fully saturated rings. The average Bonchev–Trinajstić information content (AvgIpc) is 2.61. The summed E-state index contributed by atoms with van der Waals surface area (Å²) in [6.45, 7) is 25.8. The van der Waals surface area contributed by atoms with E-state index in [9.17, 15) is 14.4 Å². The van der Waals surface area contributed by atoms with Crippen LogP contribution in [0.25, 0.3) is 0 Å². The molecular weight excluding hydrogens is 466 g/mol. The summed E-state index contributed by atoms with van der Waals surface area (Å²) in [5, 5.41) is 0. The first-order valence-electron chi connectivity index (χ1n) is 12.1. The van der Waals surface area contributed by atoms with Gasteiger partial charge in [-0.2, -0.15) is 0 Å². The molecule has 0 aliphatic heterocycles. The number of phosphoric ester groups is 1. The Balaban J connectivity index is 0.00000612. The van der Waals surface area contributed by atoms with Crippen LogP contribution in [0.1, 0.15) is 124 Å². The van der Waals surface area contributed by atoms with Gasteiger partial charge in [0, 0.05) is 0 Å². The number of hydrogen-bond acceptors (Lipinski definition) is 2. The molecule has 0 saturated carbocycles. The molecule has 2 aromatic carbocycles. The van der Waals surface area contributed by atoms with Gasteiger partial charge in [0.1, 0.15) is 6.10 Å². The Morgan fingerprint density at radius 3 is 1.20 bits per heavy atom. The van der Waals surface area contributed by atoms with Gasteiger partial charge in [-0.15, -0.1) is 0 Å². The Morgan fingerprint density at radius 2 is 0.971 bits per heavy atom. The Labute approximate surface area is 237 Å². The molecule has 6 heteroatoms. The maximum Gasteiger partial charge on any atom is 1.00 e. The van der Waals surface area contributed by atoms with Crippen molar-refractivity contribution in [3.05, 3.63) is 69.8 Å². The molecule has 0 saturated heterocycles. The van der Waals surface area contributed by atoms with Crippen LogP contribution in [-0.2, 0) is 30.7 Å². The van der Waals surface area contributed by atoms with Crippen LogP contribution < -0.4 is 29.6 Å². The molecule has 0 unspecified atom stereocenters. The summed E-state index contributed by atoms with van der Waals surface area (Å²) in [5.74, 6) is 0. The van der Waals surface area contributed by atoms with Crippen LogP contribution in [0.5, 0.6) is 0 Å². The van der Waals surface area contributed by atoms with Crippen LogP contribution in [0, 0.1) is 0 Å². The molecule has 0 atom stereocenters. The molecule has 0 aliphatic rings. The van der Waals surface area contributed by atoms with Crippen molar-refractivity contribution in [3.8, 4) is 0 Å². The van der Waals surface area contributed by atoms with Crippen molar-refractivity contribution in [1.82, 2.24) is 0 Å². The van der Waals surface area contributed by atoms with E-state index < -0.39 is 13.9 Å². The molecule has 2 N–H and O–H groups in total. The van der Waals surface area contributed by atoms with Crippen LogP contribution in [0.4, 0.5) is 0 Å². The second-order valence-corrected chi connectivity index (χ2v) is 14.8. The van der Waals surface area contributed by atoms with Gasteiger partial charge in [0.2, 0.25) is 0 Å². The van der Waals surface area contributed by atoms with Gasteiger partial charge in [0.05, 0.1) is 0 Å². The zero-order chi connectivity index (χ0) is 26.5. The van der Waals surface area contributed by atoms with Crippen LogP contribution in [0.3, 0.4) is 0 Å². The van der Waals surface area contributed by atoms with E-state index in [0.29, 0.717) is 0 Å². The van der Waals surface area contributed by atoms with Gasteiger partial charge in [0.15, 0.2) is 0 Å². The van der Waals surface area contributed by atoms with Gasteiger partial charge in [0.25, 0.3) is 0 Å². The van der Waals surface area contributed by atoms with Crippen LogP contribution in [0.2, 0.25) is 0 Å². The van der Waals surface area contributed by atoms with E-state index in [1.165, 1.54) is 11.1 Å². The zero-order valence-electron chi connectivity index (χ0n) is 25.2. The van der Waals surface area contributed by atoms with Crippen molar-refractivity contribution >= 4 is 7.82 Å². The largest absolute Gasteiger partial charge is 1.00 e. The molecule has 0 radical (unpaired) electrons. The van der Waals surface area contributed by atoms with E-state index in [0.717, 1.165) is 22.3 Å². The fourth-order valence-corrected chi connectivity index (χ4v) is 4.72. The molecule has 2 rings (SSSR count). The van der Waals surface area contributed by atoms with Crippen molar-refractivity contribution < 1.29 is 49.9 Å². The molecule has 0 aliphatic carbocycles. The van der Waals surface area contributed by atoms with E-state index in [-0.39, 0.29) is 52.6 Å². The van der Waals surface area contributed by atoms with Gasteiger partial charge >= 0.3 is 37.4 Å². The Morgan fingerprint density at radius 1 is 0.657 bits per heavy atom. The van der Waals surface area contributed by atoms with Crippen molar-refractivity contribution in [2.75, 3.05) is 0 Å². The summed E-state index contributed by atoms with van der Waals surface area (Å²) >= 11 is 0. The standard InChI is InChI=1S/C29H45O4P.Na.H/c1-26(2,3)19-13-15-21(23(17-19)28(7,8)9)25(33-34(30,31)32)22-16-14-20(27(4,5)6)18-24(22)29(10,11)12;;/h13-18,25H,1-12H3,(H2,30,31,32);;/q;+1;-1. The topological polar surface area (TPSA) is 66.8 Å². The summed E-state index contributed by atoms with van der Waals surface area (Å²) in [6, 6.07) is 12.4. The second-order valence-electron chi connectivity index (χ2n) is 13.6. The third-order valence-electron chi connectivity index (χ3n) is 6.26. The van der Waals surface area contributed by atoms with E-state index in [2.05, 4.69) is 107 Å². The van der Waals surface area contributed by atoms with Gasteiger partial charge in [-0.05, 0) is 55.0 Å². The monoisotopic (exact) mass is 512 g/mol. The molecule has 0 amide bonds. The predicted molar refractivity (Wildman–Crippen MR) is 144 cm³/mol. The summed E-state index contributed by atoms with van der Waals surface area (Å²) in [4.78, 5) is 19.9. The maximum atomic E-state index is 12.2. The summed E-state index contributed by atoms with van der Waals surface area (Å²) in [7, 11) is -4.79. The number of benzene rings is 2. The Hall–Kier alpha value is -0.450. The van der Waals surface area contributed by atoms with E-state index in [1.807, 2.05) is 12.1 Å². The molecule has 0 spiro atoms.